The molecule has 0 aliphatic carbocycles. The number of nitrogens with zero attached hydrogens (tertiary/aromatic N) is 1. The number of hydrogen-bond acceptors (Lipinski definition) is 4. The monoisotopic (exact) mass is 253 g/mol. The van der Waals surface area contributed by atoms with E-state index in [9.17, 15) is 19.8 Å². The van der Waals surface area contributed by atoms with Crippen LogP contribution in [0.3, 0.4) is 0 Å². The Morgan fingerprint density at radius 3 is 2.17 bits per heavy atom. The van der Waals surface area contributed by atoms with E-state index in [4.69, 9.17) is 10.2 Å². The molecule has 2 rings (SSSR count). The summed E-state index contributed by atoms with van der Waals surface area (Å²) < 4.78 is 0. The van der Waals surface area contributed by atoms with Gasteiger partial charge in [-0.2, -0.15) is 0 Å². The van der Waals surface area contributed by atoms with Crippen molar-refractivity contribution in [1.29, 1.82) is 0 Å². The molecule has 0 saturated heterocycles. The van der Waals surface area contributed by atoms with Gasteiger partial charge in [0.2, 0.25) is 0 Å². The van der Waals surface area contributed by atoms with Crippen LogP contribution in [0.4, 0.5) is 4.79 Å². The van der Waals surface area contributed by atoms with Crippen LogP contribution in [0.1, 0.15) is 11.1 Å². The molecule has 7 heteroatoms. The van der Waals surface area contributed by atoms with Crippen molar-refractivity contribution in [1.82, 2.24) is 4.90 Å². The van der Waals surface area contributed by atoms with Crippen LogP contribution in [0.5, 0.6) is 11.5 Å². The van der Waals surface area contributed by atoms with Crippen molar-refractivity contribution in [2.75, 3.05) is 0 Å². The first-order valence-corrected chi connectivity index (χ1v) is 5.16. The average Bonchev–Trinajstić information content (AvgIpc) is 2.28. The van der Waals surface area contributed by atoms with E-state index in [0.29, 0.717) is 11.1 Å². The SMILES string of the molecule is O=C(O)C1Cc2cc(O)c(O)cc2CN1C(=O)O. The van der Waals surface area contributed by atoms with Crippen molar-refractivity contribution in [2.24, 2.45) is 0 Å². The molecule has 96 valence electrons. The summed E-state index contributed by atoms with van der Waals surface area (Å²) in [5.41, 5.74) is 1.01. The molecule has 4 N–H and O–H groups in total. The molecule has 18 heavy (non-hydrogen) atoms. The number of phenols is 2. The minimum atomic E-state index is -1.33. The Bertz CT molecular complexity index is 480. The Kier molecular flexibility index (Phi) is 2.74. The van der Waals surface area contributed by atoms with Crippen molar-refractivity contribution < 1.29 is 30.0 Å². The van der Waals surface area contributed by atoms with Gasteiger partial charge >= 0.3 is 12.1 Å². The molecule has 1 aliphatic heterocycles. The molecule has 1 unspecified atom stereocenters. The van der Waals surface area contributed by atoms with Crippen LogP contribution in [-0.2, 0) is 17.8 Å². The van der Waals surface area contributed by atoms with E-state index >= 15 is 0 Å². The summed E-state index contributed by atoms with van der Waals surface area (Å²) in [6.45, 7) is -0.129. The number of aromatic hydroxyl groups is 2. The quantitative estimate of drug-likeness (QED) is 0.544. The van der Waals surface area contributed by atoms with Gasteiger partial charge in [-0.15, -0.1) is 0 Å². The van der Waals surface area contributed by atoms with Crippen molar-refractivity contribution in [3.05, 3.63) is 23.3 Å². The van der Waals surface area contributed by atoms with Gasteiger partial charge in [-0.05, 0) is 23.3 Å². The first-order chi connectivity index (χ1) is 8.40. The third-order valence-corrected chi connectivity index (χ3v) is 2.96. The normalized spacial score (nSPS) is 18.2. The largest absolute Gasteiger partial charge is 0.504 e. The lowest BCUT2D eigenvalue weighted by molar-refractivity contribution is -0.143. The topological polar surface area (TPSA) is 118 Å². The van der Waals surface area contributed by atoms with E-state index in [0.717, 1.165) is 4.90 Å². The number of fused-ring (bicyclic) bond motifs is 1. The Morgan fingerprint density at radius 1 is 1.11 bits per heavy atom. The molecule has 1 amide bonds. The Hall–Kier alpha value is -2.44. The van der Waals surface area contributed by atoms with E-state index < -0.39 is 18.1 Å². The van der Waals surface area contributed by atoms with Gasteiger partial charge < -0.3 is 20.4 Å². The number of rotatable bonds is 1. The molecule has 1 heterocycles. The van der Waals surface area contributed by atoms with Gasteiger partial charge in [0.1, 0.15) is 6.04 Å². The lowest BCUT2D eigenvalue weighted by Crippen LogP contribution is -2.48. The number of aliphatic carboxylic acids is 1. The highest BCUT2D eigenvalue weighted by molar-refractivity contribution is 5.80. The third kappa shape index (κ3) is 1.90. The summed E-state index contributed by atoms with van der Waals surface area (Å²) in [4.78, 5) is 22.8. The van der Waals surface area contributed by atoms with Gasteiger partial charge in [-0.25, -0.2) is 9.59 Å². The second-order valence-corrected chi connectivity index (χ2v) is 4.08. The highest BCUT2D eigenvalue weighted by atomic mass is 16.4. The van der Waals surface area contributed by atoms with Gasteiger partial charge in [-0.1, -0.05) is 0 Å². The summed E-state index contributed by atoms with van der Waals surface area (Å²) in [7, 11) is 0. The Labute approximate surface area is 102 Å². The zero-order valence-electron chi connectivity index (χ0n) is 9.20. The molecule has 0 spiro atoms. The molecule has 0 radical (unpaired) electrons. The van der Waals surface area contributed by atoms with Crippen LogP contribution < -0.4 is 0 Å². The van der Waals surface area contributed by atoms with E-state index in [1.165, 1.54) is 12.1 Å². The van der Waals surface area contributed by atoms with E-state index in [1.807, 2.05) is 0 Å². The van der Waals surface area contributed by atoms with Crippen LogP contribution in [0.15, 0.2) is 12.1 Å². The minimum Gasteiger partial charge on any atom is -0.504 e. The molecule has 1 aliphatic rings. The predicted octanol–water partition coefficient (Wildman–Crippen LogP) is 0.587. The van der Waals surface area contributed by atoms with Crippen LogP contribution in [0, 0.1) is 0 Å². The van der Waals surface area contributed by atoms with Crippen molar-refractivity contribution >= 4 is 12.1 Å². The molecule has 1 aromatic carbocycles. The molecule has 0 fully saturated rings. The molecular weight excluding hydrogens is 242 g/mol. The number of hydrogen-bond donors (Lipinski definition) is 4. The van der Waals surface area contributed by atoms with E-state index in [2.05, 4.69) is 0 Å². The smallest absolute Gasteiger partial charge is 0.408 e. The van der Waals surface area contributed by atoms with Crippen LogP contribution in [0.2, 0.25) is 0 Å². The molecule has 1 aromatic rings. The first kappa shape index (κ1) is 12.0. The van der Waals surface area contributed by atoms with Crippen LogP contribution in [-0.4, -0.2) is 43.4 Å². The molecule has 7 nitrogen and oxygen atoms in total. The van der Waals surface area contributed by atoms with E-state index in [-0.39, 0.29) is 24.5 Å². The molecule has 0 bridgehead atoms. The molecule has 0 aromatic heterocycles. The summed E-state index contributed by atoms with van der Waals surface area (Å²) in [6.07, 6.45) is -1.37. The summed E-state index contributed by atoms with van der Waals surface area (Å²) in [5.74, 6) is -1.94. The zero-order valence-corrected chi connectivity index (χ0v) is 9.20. The highest BCUT2D eigenvalue weighted by Gasteiger charge is 2.35. The van der Waals surface area contributed by atoms with Gasteiger partial charge in [0.25, 0.3) is 0 Å². The van der Waals surface area contributed by atoms with Crippen molar-refractivity contribution in [3.8, 4) is 11.5 Å². The predicted molar refractivity (Wildman–Crippen MR) is 58.5 cm³/mol. The number of benzene rings is 1. The second kappa shape index (κ2) is 4.10. The first-order valence-electron chi connectivity index (χ1n) is 5.16. The maximum atomic E-state index is 11.0. The maximum Gasteiger partial charge on any atom is 0.408 e. The standard InChI is InChI=1S/C11H11NO6/c13-8-2-5-1-7(10(15)16)12(11(17)18)4-6(5)3-9(8)14/h2-3,7,13-14H,1,4H2,(H,15,16)(H,17,18). The fraction of sp³-hybridized carbons (Fsp3) is 0.273. The lowest BCUT2D eigenvalue weighted by Gasteiger charge is -2.32. The molecule has 0 saturated carbocycles. The summed E-state index contributed by atoms with van der Waals surface area (Å²) in [5, 5.41) is 36.6. The van der Waals surface area contributed by atoms with Crippen LogP contribution in [0.25, 0.3) is 0 Å². The molecule has 1 atom stereocenters. The fourth-order valence-electron chi connectivity index (χ4n) is 2.03. The fourth-order valence-corrected chi connectivity index (χ4v) is 2.03. The van der Waals surface area contributed by atoms with Crippen LogP contribution >= 0.6 is 0 Å². The zero-order chi connectivity index (χ0) is 13.4. The lowest BCUT2D eigenvalue weighted by atomic mass is 9.93. The number of amides is 1. The summed E-state index contributed by atoms with van der Waals surface area (Å²) in [6, 6.07) is 1.33. The molecular formula is C11H11NO6. The third-order valence-electron chi connectivity index (χ3n) is 2.96. The Balaban J connectivity index is 2.44. The Morgan fingerprint density at radius 2 is 1.67 bits per heavy atom. The number of carboxylic acid groups (broad SMARTS) is 2. The van der Waals surface area contributed by atoms with Crippen molar-refractivity contribution in [2.45, 2.75) is 19.0 Å². The van der Waals surface area contributed by atoms with Gasteiger partial charge in [0.15, 0.2) is 11.5 Å². The van der Waals surface area contributed by atoms with Crippen molar-refractivity contribution in [3.63, 3.8) is 0 Å². The number of carbonyl (C=O) groups is 2. The maximum absolute atomic E-state index is 11.0. The van der Waals surface area contributed by atoms with Gasteiger partial charge in [-0.3, -0.25) is 4.90 Å². The second-order valence-electron chi connectivity index (χ2n) is 4.08. The number of phenolic OH excluding ortho intramolecular Hbond substituents is 2. The van der Waals surface area contributed by atoms with Gasteiger partial charge in [0, 0.05) is 6.42 Å². The number of carboxylic acids is 1. The van der Waals surface area contributed by atoms with Gasteiger partial charge in [0.05, 0.1) is 6.54 Å². The summed E-state index contributed by atoms with van der Waals surface area (Å²) >= 11 is 0. The van der Waals surface area contributed by atoms with E-state index in [1.54, 1.807) is 0 Å². The minimum absolute atomic E-state index is 0.0369. The average molecular weight is 253 g/mol. The highest BCUT2D eigenvalue weighted by Crippen LogP contribution is 2.33.